The number of hydrogen-bond acceptors (Lipinski definition) is 4. The average Bonchev–Trinajstić information content (AvgIpc) is 3.11. The Morgan fingerprint density at radius 3 is 2.56 bits per heavy atom. The number of urea groups is 1. The molecule has 6 nitrogen and oxygen atoms in total. The number of ether oxygens (including phenoxy) is 2. The molecule has 0 saturated carbocycles. The molecule has 1 heterocycles. The summed E-state index contributed by atoms with van der Waals surface area (Å²) < 4.78 is 11.7. The van der Waals surface area contributed by atoms with E-state index in [1.54, 1.807) is 49.6 Å². The van der Waals surface area contributed by atoms with Crippen molar-refractivity contribution in [3.63, 3.8) is 0 Å². The monoisotopic (exact) mass is 474 g/mol. The number of benzene rings is 3. The minimum absolute atomic E-state index is 0.148. The van der Waals surface area contributed by atoms with Crippen LogP contribution in [0.1, 0.15) is 16.7 Å². The van der Waals surface area contributed by atoms with E-state index in [1.807, 2.05) is 36.4 Å². The van der Waals surface area contributed by atoms with Crippen molar-refractivity contribution in [2.75, 3.05) is 12.0 Å². The zero-order valence-corrected chi connectivity index (χ0v) is 19.3. The SMILES string of the molecule is C=CCc1cc(/C=C2/NC(=O)N(c3cccc(Cl)c3)C2=O)cc(OC)c1OCc1ccccc1. The van der Waals surface area contributed by atoms with Crippen molar-refractivity contribution in [3.8, 4) is 11.5 Å². The number of nitrogens with zero attached hydrogens (tertiary/aromatic N) is 1. The Kier molecular flexibility index (Phi) is 6.99. The van der Waals surface area contributed by atoms with E-state index in [0.29, 0.717) is 40.8 Å². The maximum absolute atomic E-state index is 13.0. The molecular formula is C27H23ClN2O4. The van der Waals surface area contributed by atoms with Gasteiger partial charge in [-0.05, 0) is 54.0 Å². The number of carbonyl (C=O) groups is 2. The Balaban J connectivity index is 1.65. The first-order valence-electron chi connectivity index (χ1n) is 10.6. The summed E-state index contributed by atoms with van der Waals surface area (Å²) >= 11 is 6.03. The fraction of sp³-hybridized carbons (Fsp3) is 0.111. The second-order valence-corrected chi connectivity index (χ2v) is 8.02. The Labute approximate surface area is 203 Å². The van der Waals surface area contributed by atoms with E-state index in [4.69, 9.17) is 21.1 Å². The minimum Gasteiger partial charge on any atom is -0.493 e. The summed E-state index contributed by atoms with van der Waals surface area (Å²) in [6.45, 7) is 4.22. The average molecular weight is 475 g/mol. The molecule has 0 atom stereocenters. The van der Waals surface area contributed by atoms with Gasteiger partial charge in [-0.25, -0.2) is 9.69 Å². The number of anilines is 1. The lowest BCUT2D eigenvalue weighted by Gasteiger charge is -2.16. The first kappa shape index (κ1) is 23.1. The molecule has 4 rings (SSSR count). The van der Waals surface area contributed by atoms with Gasteiger partial charge in [-0.3, -0.25) is 4.79 Å². The minimum atomic E-state index is -0.542. The van der Waals surface area contributed by atoms with Gasteiger partial charge in [-0.2, -0.15) is 0 Å². The predicted molar refractivity (Wildman–Crippen MR) is 133 cm³/mol. The molecule has 7 heteroatoms. The third-order valence-electron chi connectivity index (χ3n) is 5.22. The van der Waals surface area contributed by atoms with Gasteiger partial charge in [0.05, 0.1) is 12.8 Å². The summed E-state index contributed by atoms with van der Waals surface area (Å²) in [5, 5.41) is 3.06. The number of hydrogen-bond donors (Lipinski definition) is 1. The van der Waals surface area contributed by atoms with Crippen LogP contribution in [-0.4, -0.2) is 19.0 Å². The molecule has 3 amide bonds. The van der Waals surface area contributed by atoms with Gasteiger partial charge in [0.15, 0.2) is 11.5 Å². The van der Waals surface area contributed by atoms with Crippen molar-refractivity contribution in [1.82, 2.24) is 5.32 Å². The van der Waals surface area contributed by atoms with Crippen LogP contribution < -0.4 is 19.7 Å². The Morgan fingerprint density at radius 1 is 1.06 bits per heavy atom. The van der Waals surface area contributed by atoms with Gasteiger partial charge < -0.3 is 14.8 Å². The molecule has 0 bridgehead atoms. The molecule has 1 fully saturated rings. The second kappa shape index (κ2) is 10.3. The van der Waals surface area contributed by atoms with Crippen LogP contribution >= 0.6 is 11.6 Å². The molecule has 0 aliphatic carbocycles. The Morgan fingerprint density at radius 2 is 1.85 bits per heavy atom. The number of halogens is 1. The summed E-state index contributed by atoms with van der Waals surface area (Å²) in [6.07, 6.45) is 3.91. The highest BCUT2D eigenvalue weighted by atomic mass is 35.5. The molecule has 0 spiro atoms. The summed E-state index contributed by atoms with van der Waals surface area (Å²) in [7, 11) is 1.56. The van der Waals surface area contributed by atoms with Gasteiger partial charge in [0.2, 0.25) is 0 Å². The quantitative estimate of drug-likeness (QED) is 0.256. The molecule has 172 valence electrons. The van der Waals surface area contributed by atoms with Crippen LogP contribution in [0, 0.1) is 0 Å². The normalized spacial score (nSPS) is 14.3. The Bertz CT molecular complexity index is 1270. The lowest BCUT2D eigenvalue weighted by atomic mass is 10.0. The molecule has 1 N–H and O–H groups in total. The molecule has 0 aromatic heterocycles. The zero-order chi connectivity index (χ0) is 24.1. The maximum Gasteiger partial charge on any atom is 0.333 e. The van der Waals surface area contributed by atoms with E-state index in [-0.39, 0.29) is 5.70 Å². The van der Waals surface area contributed by atoms with Gasteiger partial charge in [0.25, 0.3) is 5.91 Å². The zero-order valence-electron chi connectivity index (χ0n) is 18.6. The van der Waals surface area contributed by atoms with Crippen molar-refractivity contribution >= 4 is 35.3 Å². The van der Waals surface area contributed by atoms with Gasteiger partial charge in [0.1, 0.15) is 12.3 Å². The van der Waals surface area contributed by atoms with Crippen LogP contribution in [0.5, 0.6) is 11.5 Å². The van der Waals surface area contributed by atoms with E-state index >= 15 is 0 Å². The van der Waals surface area contributed by atoms with Crippen LogP contribution in [-0.2, 0) is 17.8 Å². The summed E-state index contributed by atoms with van der Waals surface area (Å²) in [5.41, 5.74) is 3.10. The second-order valence-electron chi connectivity index (χ2n) is 7.59. The fourth-order valence-electron chi connectivity index (χ4n) is 3.67. The van der Waals surface area contributed by atoms with E-state index < -0.39 is 11.9 Å². The fourth-order valence-corrected chi connectivity index (χ4v) is 3.86. The highest BCUT2D eigenvalue weighted by Gasteiger charge is 2.35. The summed E-state index contributed by atoms with van der Waals surface area (Å²) in [6, 6.07) is 19.5. The highest BCUT2D eigenvalue weighted by molar-refractivity contribution is 6.32. The van der Waals surface area contributed by atoms with E-state index in [1.165, 1.54) is 0 Å². The van der Waals surface area contributed by atoms with Crippen molar-refractivity contribution in [3.05, 3.63) is 107 Å². The van der Waals surface area contributed by atoms with E-state index in [2.05, 4.69) is 11.9 Å². The molecule has 34 heavy (non-hydrogen) atoms. The number of allylic oxidation sites excluding steroid dienone is 1. The summed E-state index contributed by atoms with van der Waals surface area (Å²) in [5.74, 6) is 0.655. The number of nitrogens with one attached hydrogen (secondary N) is 1. The van der Waals surface area contributed by atoms with E-state index in [9.17, 15) is 9.59 Å². The molecule has 1 saturated heterocycles. The number of rotatable bonds is 8. The lowest BCUT2D eigenvalue weighted by Crippen LogP contribution is -2.30. The number of amides is 3. The van der Waals surface area contributed by atoms with Crippen LogP contribution in [0.4, 0.5) is 10.5 Å². The number of carbonyl (C=O) groups excluding carboxylic acids is 2. The van der Waals surface area contributed by atoms with Crippen LogP contribution in [0.15, 0.2) is 85.1 Å². The predicted octanol–water partition coefficient (Wildman–Crippen LogP) is 5.75. The third-order valence-corrected chi connectivity index (χ3v) is 5.45. The standard InChI is InChI=1S/C27H23ClN2O4/c1-3-8-20-13-19(15-24(33-2)25(20)34-17-18-9-5-4-6-10-18)14-23-26(31)30(27(32)29-23)22-12-7-11-21(28)16-22/h3-7,9-16H,1,8,17H2,2H3,(H,29,32)/b23-14+. The lowest BCUT2D eigenvalue weighted by molar-refractivity contribution is -0.113. The van der Waals surface area contributed by atoms with Crippen LogP contribution in [0.3, 0.4) is 0 Å². The molecule has 0 radical (unpaired) electrons. The third kappa shape index (κ3) is 4.97. The highest BCUT2D eigenvalue weighted by Crippen LogP contribution is 2.35. The molecule has 1 aliphatic rings. The molecule has 1 aliphatic heterocycles. The van der Waals surface area contributed by atoms with Gasteiger partial charge >= 0.3 is 6.03 Å². The maximum atomic E-state index is 13.0. The van der Waals surface area contributed by atoms with Crippen molar-refractivity contribution in [2.24, 2.45) is 0 Å². The molecular weight excluding hydrogens is 452 g/mol. The van der Waals surface area contributed by atoms with Crippen molar-refractivity contribution in [1.29, 1.82) is 0 Å². The van der Waals surface area contributed by atoms with Crippen molar-refractivity contribution < 1.29 is 19.1 Å². The number of methoxy groups -OCH3 is 1. The van der Waals surface area contributed by atoms with Gasteiger partial charge in [0, 0.05) is 10.6 Å². The van der Waals surface area contributed by atoms with Crippen LogP contribution in [0.25, 0.3) is 6.08 Å². The number of imide groups is 1. The first-order valence-corrected chi connectivity index (χ1v) is 11.0. The van der Waals surface area contributed by atoms with Gasteiger partial charge in [-0.15, -0.1) is 6.58 Å². The largest absolute Gasteiger partial charge is 0.493 e. The van der Waals surface area contributed by atoms with Gasteiger partial charge in [-0.1, -0.05) is 54.1 Å². The van der Waals surface area contributed by atoms with Crippen LogP contribution in [0.2, 0.25) is 5.02 Å². The van der Waals surface area contributed by atoms with Crippen molar-refractivity contribution in [2.45, 2.75) is 13.0 Å². The molecule has 3 aromatic rings. The first-order chi connectivity index (χ1) is 16.5. The topological polar surface area (TPSA) is 67.9 Å². The molecule has 0 unspecified atom stereocenters. The molecule has 3 aromatic carbocycles. The van der Waals surface area contributed by atoms with E-state index in [0.717, 1.165) is 16.0 Å². The Hall–Kier alpha value is -4.03. The smallest absolute Gasteiger partial charge is 0.333 e. The summed E-state index contributed by atoms with van der Waals surface area (Å²) in [4.78, 5) is 26.6.